The molecule has 0 atom stereocenters. The summed E-state index contributed by atoms with van der Waals surface area (Å²) in [5.74, 6) is -1.67. The zero-order chi connectivity index (χ0) is 25.9. The van der Waals surface area contributed by atoms with E-state index in [2.05, 4.69) is 25.9 Å². The van der Waals surface area contributed by atoms with E-state index in [-0.39, 0.29) is 17.2 Å². The molecule has 0 bridgehead atoms. The summed E-state index contributed by atoms with van der Waals surface area (Å²) in [6.07, 6.45) is 6.63. The molecule has 0 aliphatic carbocycles. The van der Waals surface area contributed by atoms with Crippen molar-refractivity contribution >= 4 is 34.7 Å². The molecule has 1 aliphatic rings. The largest absolute Gasteiger partial charge is 0.494 e. The molecular weight excluding hydrogens is 502 g/mol. The van der Waals surface area contributed by atoms with E-state index in [1.807, 2.05) is 0 Å². The molecule has 3 heterocycles. The molecule has 3 N–H and O–H groups in total. The highest BCUT2D eigenvalue weighted by atomic mass is 35.5. The summed E-state index contributed by atoms with van der Waals surface area (Å²) in [7, 11) is 1.27. The van der Waals surface area contributed by atoms with Crippen molar-refractivity contribution in [2.24, 2.45) is 5.92 Å². The molecule has 5 rings (SSSR count). The second-order valence-electron chi connectivity index (χ2n) is 8.78. The first-order chi connectivity index (χ1) is 18.0. The van der Waals surface area contributed by atoms with Gasteiger partial charge < -0.3 is 20.7 Å². The average molecular weight is 527 g/mol. The molecule has 1 saturated heterocycles. The molecule has 0 spiro atoms. The second kappa shape index (κ2) is 10.7. The maximum Gasteiger partial charge on any atom is 0.252 e. The maximum absolute atomic E-state index is 14.7. The first-order valence-electron chi connectivity index (χ1n) is 11.9. The third-order valence-electron chi connectivity index (χ3n) is 6.46. The van der Waals surface area contributed by atoms with E-state index < -0.39 is 11.6 Å². The summed E-state index contributed by atoms with van der Waals surface area (Å²) in [5, 5.41) is 9.72. The van der Waals surface area contributed by atoms with E-state index >= 15 is 0 Å². The number of benzene rings is 2. The van der Waals surface area contributed by atoms with Gasteiger partial charge in [-0.1, -0.05) is 11.6 Å². The van der Waals surface area contributed by atoms with Gasteiger partial charge in [0.25, 0.3) is 5.91 Å². The van der Waals surface area contributed by atoms with E-state index in [0.717, 1.165) is 25.9 Å². The van der Waals surface area contributed by atoms with Gasteiger partial charge in [0.1, 0.15) is 0 Å². The SMILES string of the molecule is COc1ccc(-c2cnc3c(Nc4ccc(C(=O)NCC5CCNCC5)c(Cl)c4)nccn23)c(F)c1F. The van der Waals surface area contributed by atoms with Gasteiger partial charge in [0.05, 0.1) is 29.6 Å². The summed E-state index contributed by atoms with van der Waals surface area (Å²) in [6.45, 7) is 2.54. The van der Waals surface area contributed by atoms with Crippen LogP contribution in [0.4, 0.5) is 20.3 Å². The van der Waals surface area contributed by atoms with Crippen molar-refractivity contribution in [3.8, 4) is 17.0 Å². The summed E-state index contributed by atoms with van der Waals surface area (Å²) < 4.78 is 35.5. The molecule has 4 aromatic rings. The zero-order valence-corrected chi connectivity index (χ0v) is 20.8. The number of ether oxygens (including phenoxy) is 1. The number of methoxy groups -OCH3 is 1. The second-order valence-corrected chi connectivity index (χ2v) is 9.19. The molecule has 0 saturated carbocycles. The van der Waals surface area contributed by atoms with Crippen LogP contribution in [0.5, 0.6) is 5.75 Å². The van der Waals surface area contributed by atoms with Gasteiger partial charge in [0.2, 0.25) is 5.82 Å². The van der Waals surface area contributed by atoms with Crippen molar-refractivity contribution < 1.29 is 18.3 Å². The lowest BCUT2D eigenvalue weighted by molar-refractivity contribution is 0.0944. The number of hydrogen-bond donors (Lipinski definition) is 3. The smallest absolute Gasteiger partial charge is 0.252 e. The Balaban J connectivity index is 1.35. The number of rotatable bonds is 7. The molecule has 2 aromatic heterocycles. The fourth-order valence-electron chi connectivity index (χ4n) is 4.43. The molecule has 192 valence electrons. The molecule has 1 aliphatic heterocycles. The van der Waals surface area contributed by atoms with Crippen LogP contribution in [-0.4, -0.2) is 47.0 Å². The molecule has 37 heavy (non-hydrogen) atoms. The standard InChI is InChI=1S/C26H25ClF2N6O2/c1-37-21-5-4-18(22(28)23(21)29)20-14-32-25-24(31-10-11-35(20)25)34-16-2-3-17(19(27)12-16)26(36)33-13-15-6-8-30-9-7-15/h2-5,10-12,14-15,30H,6-9,13H2,1H3,(H,31,34)(H,33,36). The van der Waals surface area contributed by atoms with Crippen molar-refractivity contribution in [1.82, 2.24) is 25.0 Å². The van der Waals surface area contributed by atoms with Crippen LogP contribution in [0.3, 0.4) is 0 Å². The van der Waals surface area contributed by atoms with Crippen molar-refractivity contribution in [3.63, 3.8) is 0 Å². The number of nitrogens with zero attached hydrogens (tertiary/aromatic N) is 3. The number of amides is 1. The minimum Gasteiger partial charge on any atom is -0.494 e. The van der Waals surface area contributed by atoms with Gasteiger partial charge in [-0.05, 0) is 62.2 Å². The van der Waals surface area contributed by atoms with E-state index in [0.29, 0.717) is 45.9 Å². The van der Waals surface area contributed by atoms with Gasteiger partial charge in [-0.2, -0.15) is 4.39 Å². The Morgan fingerprint density at radius 2 is 2.00 bits per heavy atom. The number of carbonyl (C=O) groups excluding carboxylic acids is 1. The highest BCUT2D eigenvalue weighted by molar-refractivity contribution is 6.34. The maximum atomic E-state index is 14.7. The van der Waals surface area contributed by atoms with Crippen LogP contribution in [0.1, 0.15) is 23.2 Å². The molecule has 0 unspecified atom stereocenters. The molecular formula is C26H25ClF2N6O2. The fraction of sp³-hybridized carbons (Fsp3) is 0.269. The lowest BCUT2D eigenvalue weighted by atomic mass is 9.98. The number of aromatic nitrogens is 3. The van der Waals surface area contributed by atoms with Crippen LogP contribution in [0.25, 0.3) is 16.9 Å². The predicted molar refractivity (Wildman–Crippen MR) is 138 cm³/mol. The van der Waals surface area contributed by atoms with Crippen LogP contribution in [0, 0.1) is 17.6 Å². The minimum atomic E-state index is -1.07. The Morgan fingerprint density at radius 3 is 2.76 bits per heavy atom. The van der Waals surface area contributed by atoms with Gasteiger partial charge in [-0.3, -0.25) is 9.20 Å². The van der Waals surface area contributed by atoms with Gasteiger partial charge >= 0.3 is 0 Å². The average Bonchev–Trinajstić information content (AvgIpc) is 3.34. The normalized spacial score (nSPS) is 14.1. The topological polar surface area (TPSA) is 92.6 Å². The van der Waals surface area contributed by atoms with Gasteiger partial charge in [0.15, 0.2) is 23.0 Å². The summed E-state index contributed by atoms with van der Waals surface area (Å²) in [4.78, 5) is 21.4. The Kier molecular flexibility index (Phi) is 7.20. The van der Waals surface area contributed by atoms with Crippen LogP contribution in [0.15, 0.2) is 48.9 Å². The summed E-state index contributed by atoms with van der Waals surface area (Å²) in [5.41, 5.74) is 1.75. The number of piperidine rings is 1. The van der Waals surface area contributed by atoms with Crippen molar-refractivity contribution in [2.75, 3.05) is 32.1 Å². The third kappa shape index (κ3) is 5.07. The lowest BCUT2D eigenvalue weighted by Crippen LogP contribution is -2.36. The Labute approximate surface area is 217 Å². The van der Waals surface area contributed by atoms with E-state index in [4.69, 9.17) is 16.3 Å². The van der Waals surface area contributed by atoms with Gasteiger partial charge in [0, 0.05) is 30.2 Å². The Bertz CT molecular complexity index is 1450. The highest BCUT2D eigenvalue weighted by Gasteiger charge is 2.20. The third-order valence-corrected chi connectivity index (χ3v) is 6.77. The van der Waals surface area contributed by atoms with Crippen LogP contribution < -0.4 is 20.7 Å². The van der Waals surface area contributed by atoms with E-state index in [1.54, 1.807) is 28.8 Å². The van der Waals surface area contributed by atoms with Crippen LogP contribution in [-0.2, 0) is 0 Å². The number of anilines is 2. The number of halogens is 3. The number of carbonyl (C=O) groups is 1. The van der Waals surface area contributed by atoms with Crippen molar-refractivity contribution in [1.29, 1.82) is 0 Å². The molecule has 11 heteroatoms. The van der Waals surface area contributed by atoms with E-state index in [9.17, 15) is 13.6 Å². The summed E-state index contributed by atoms with van der Waals surface area (Å²) >= 11 is 6.43. The first kappa shape index (κ1) is 24.9. The van der Waals surface area contributed by atoms with Gasteiger partial charge in [-0.15, -0.1) is 0 Å². The zero-order valence-electron chi connectivity index (χ0n) is 20.0. The number of fused-ring (bicyclic) bond motifs is 1. The van der Waals surface area contributed by atoms with Crippen LogP contribution >= 0.6 is 11.6 Å². The Hall–Kier alpha value is -3.76. The molecule has 1 amide bonds. The van der Waals surface area contributed by atoms with Crippen LogP contribution in [0.2, 0.25) is 5.02 Å². The molecule has 8 nitrogen and oxygen atoms in total. The molecule has 2 aromatic carbocycles. The molecule has 0 radical (unpaired) electrons. The van der Waals surface area contributed by atoms with Crippen molar-refractivity contribution in [2.45, 2.75) is 12.8 Å². The Morgan fingerprint density at radius 1 is 1.19 bits per heavy atom. The lowest BCUT2D eigenvalue weighted by Gasteiger charge is -2.22. The quantitative estimate of drug-likeness (QED) is 0.320. The number of hydrogen-bond acceptors (Lipinski definition) is 6. The fourth-order valence-corrected chi connectivity index (χ4v) is 4.69. The highest BCUT2D eigenvalue weighted by Crippen LogP contribution is 2.32. The van der Waals surface area contributed by atoms with Crippen molar-refractivity contribution in [3.05, 3.63) is 71.1 Å². The van der Waals surface area contributed by atoms with E-state index in [1.165, 1.54) is 31.6 Å². The van der Waals surface area contributed by atoms with Gasteiger partial charge in [-0.25, -0.2) is 14.4 Å². The monoisotopic (exact) mass is 526 g/mol. The summed E-state index contributed by atoms with van der Waals surface area (Å²) in [6, 6.07) is 7.80. The minimum absolute atomic E-state index is 0.0332. The number of nitrogens with one attached hydrogen (secondary N) is 3. The predicted octanol–water partition coefficient (Wildman–Crippen LogP) is 4.81. The number of imidazole rings is 1. The molecule has 1 fully saturated rings. The first-order valence-corrected chi connectivity index (χ1v) is 12.2.